The van der Waals surface area contributed by atoms with Crippen molar-refractivity contribution in [3.05, 3.63) is 12.0 Å². The number of hydrogen-bond donors (Lipinski definition) is 1. The predicted molar refractivity (Wildman–Crippen MR) is 97.3 cm³/mol. The van der Waals surface area contributed by atoms with Crippen LogP contribution in [-0.2, 0) is 11.8 Å². The van der Waals surface area contributed by atoms with Crippen LogP contribution in [0.5, 0.6) is 0 Å². The van der Waals surface area contributed by atoms with Gasteiger partial charge >= 0.3 is 0 Å². The van der Waals surface area contributed by atoms with Crippen molar-refractivity contribution >= 4 is 22.8 Å². The van der Waals surface area contributed by atoms with E-state index in [9.17, 15) is 4.79 Å². The van der Waals surface area contributed by atoms with Gasteiger partial charge in [-0.25, -0.2) is 9.97 Å². The summed E-state index contributed by atoms with van der Waals surface area (Å²) in [5.41, 5.74) is 6.26. The number of carbonyl (C=O) groups is 1. The highest BCUT2D eigenvalue weighted by molar-refractivity contribution is 5.88. The van der Waals surface area contributed by atoms with Crippen molar-refractivity contribution < 1.29 is 4.79 Å². The molecule has 0 aromatic carbocycles. The molecule has 0 bridgehead atoms. The number of aryl methyl sites for hydroxylation is 2. The van der Waals surface area contributed by atoms with Crippen LogP contribution in [0.15, 0.2) is 6.20 Å². The number of amides is 1. The number of nitrogens with zero attached hydrogens (tertiary/aromatic N) is 6. The molecule has 0 spiro atoms. The van der Waals surface area contributed by atoms with Gasteiger partial charge in [-0.1, -0.05) is 13.3 Å². The number of piperazine rings is 1. The molecule has 8 nitrogen and oxygen atoms in total. The van der Waals surface area contributed by atoms with E-state index in [1.807, 2.05) is 32.7 Å². The SMILES string of the molecule is CCCC(C)(N)C(=O)N1CCN(c2nc(C)nc3c2cnn3C)CC1. The van der Waals surface area contributed by atoms with Crippen LogP contribution in [-0.4, -0.2) is 62.3 Å². The molecule has 1 atom stereocenters. The molecule has 8 heteroatoms. The van der Waals surface area contributed by atoms with Crippen LogP contribution in [0.2, 0.25) is 0 Å². The van der Waals surface area contributed by atoms with Crippen molar-refractivity contribution in [3.8, 4) is 0 Å². The number of nitrogens with two attached hydrogens (primary N) is 1. The van der Waals surface area contributed by atoms with Crippen molar-refractivity contribution in [2.24, 2.45) is 12.8 Å². The third kappa shape index (κ3) is 3.30. The molecule has 25 heavy (non-hydrogen) atoms. The molecular weight excluding hydrogens is 318 g/mol. The van der Waals surface area contributed by atoms with Crippen LogP contribution in [0.3, 0.4) is 0 Å². The Labute approximate surface area is 148 Å². The Balaban J connectivity index is 1.76. The molecule has 1 fully saturated rings. The summed E-state index contributed by atoms with van der Waals surface area (Å²) in [4.78, 5) is 25.8. The number of aromatic nitrogens is 4. The van der Waals surface area contributed by atoms with Gasteiger partial charge in [0.2, 0.25) is 5.91 Å². The van der Waals surface area contributed by atoms with Crippen molar-refractivity contribution in [1.82, 2.24) is 24.6 Å². The summed E-state index contributed by atoms with van der Waals surface area (Å²) in [7, 11) is 1.88. The van der Waals surface area contributed by atoms with Gasteiger partial charge in [0.15, 0.2) is 5.65 Å². The largest absolute Gasteiger partial charge is 0.352 e. The molecule has 3 rings (SSSR count). The zero-order chi connectivity index (χ0) is 18.2. The van der Waals surface area contributed by atoms with Gasteiger partial charge in [0.25, 0.3) is 0 Å². The lowest BCUT2D eigenvalue weighted by molar-refractivity contribution is -0.137. The summed E-state index contributed by atoms with van der Waals surface area (Å²) in [6.07, 6.45) is 3.41. The average Bonchev–Trinajstić information content (AvgIpc) is 2.95. The first-order chi connectivity index (χ1) is 11.8. The lowest BCUT2D eigenvalue weighted by atomic mass is 9.95. The third-order valence-corrected chi connectivity index (χ3v) is 4.81. The van der Waals surface area contributed by atoms with Gasteiger partial charge in [0, 0.05) is 33.2 Å². The molecule has 3 heterocycles. The standard InChI is InChI=1S/C17H27N7O/c1-5-6-17(3,18)16(25)24-9-7-23(8-10-24)15-13-11-19-22(4)14(13)20-12(2)21-15/h11H,5-10,18H2,1-4H3. The van der Waals surface area contributed by atoms with Gasteiger partial charge in [0.1, 0.15) is 11.6 Å². The van der Waals surface area contributed by atoms with E-state index in [4.69, 9.17) is 5.73 Å². The maximum absolute atomic E-state index is 12.7. The van der Waals surface area contributed by atoms with Crippen LogP contribution in [0.4, 0.5) is 5.82 Å². The lowest BCUT2D eigenvalue weighted by Gasteiger charge is -2.39. The molecule has 136 valence electrons. The van der Waals surface area contributed by atoms with E-state index in [2.05, 4.69) is 20.0 Å². The van der Waals surface area contributed by atoms with Crippen LogP contribution in [0, 0.1) is 6.92 Å². The molecule has 1 saturated heterocycles. The highest BCUT2D eigenvalue weighted by Crippen LogP contribution is 2.25. The van der Waals surface area contributed by atoms with Gasteiger partial charge in [-0.2, -0.15) is 5.10 Å². The van der Waals surface area contributed by atoms with Crippen LogP contribution in [0.25, 0.3) is 11.0 Å². The van der Waals surface area contributed by atoms with Gasteiger partial charge in [-0.15, -0.1) is 0 Å². The quantitative estimate of drug-likeness (QED) is 0.882. The van der Waals surface area contributed by atoms with E-state index in [0.717, 1.165) is 42.2 Å². The first-order valence-electron chi connectivity index (χ1n) is 8.83. The fraction of sp³-hybridized carbons (Fsp3) is 0.647. The van der Waals surface area contributed by atoms with Crippen molar-refractivity contribution in [3.63, 3.8) is 0 Å². The Morgan fingerprint density at radius 1 is 1.28 bits per heavy atom. The Bertz CT molecular complexity index is 775. The Morgan fingerprint density at radius 3 is 2.60 bits per heavy atom. The Kier molecular flexibility index (Phi) is 4.64. The van der Waals surface area contributed by atoms with E-state index in [1.54, 1.807) is 10.9 Å². The Morgan fingerprint density at radius 2 is 1.96 bits per heavy atom. The second kappa shape index (κ2) is 6.59. The molecule has 0 radical (unpaired) electrons. The Hall–Kier alpha value is -2.22. The molecule has 0 aliphatic carbocycles. The molecular formula is C17H27N7O. The first kappa shape index (κ1) is 17.6. The number of fused-ring (bicyclic) bond motifs is 1. The molecule has 2 N–H and O–H groups in total. The summed E-state index contributed by atoms with van der Waals surface area (Å²) in [6, 6.07) is 0. The van der Waals surface area contributed by atoms with Crippen molar-refractivity contribution in [2.75, 3.05) is 31.1 Å². The van der Waals surface area contributed by atoms with Crippen molar-refractivity contribution in [1.29, 1.82) is 0 Å². The monoisotopic (exact) mass is 345 g/mol. The smallest absolute Gasteiger partial charge is 0.242 e. The molecule has 1 aliphatic rings. The van der Waals surface area contributed by atoms with E-state index < -0.39 is 5.54 Å². The summed E-state index contributed by atoms with van der Waals surface area (Å²) in [5.74, 6) is 1.66. The fourth-order valence-corrected chi connectivity index (χ4v) is 3.46. The third-order valence-electron chi connectivity index (χ3n) is 4.81. The van der Waals surface area contributed by atoms with Crippen LogP contribution in [0.1, 0.15) is 32.5 Å². The second-order valence-electron chi connectivity index (χ2n) is 7.05. The number of carbonyl (C=O) groups excluding carboxylic acids is 1. The fourth-order valence-electron chi connectivity index (χ4n) is 3.46. The molecule has 1 unspecified atom stereocenters. The van der Waals surface area contributed by atoms with E-state index in [1.165, 1.54) is 0 Å². The van der Waals surface area contributed by atoms with Gasteiger partial charge in [0.05, 0.1) is 17.1 Å². The minimum atomic E-state index is -0.779. The number of hydrogen-bond acceptors (Lipinski definition) is 6. The maximum atomic E-state index is 12.7. The normalized spacial score (nSPS) is 17.8. The molecule has 2 aromatic heterocycles. The number of anilines is 1. The first-order valence-corrected chi connectivity index (χ1v) is 8.83. The highest BCUT2D eigenvalue weighted by Gasteiger charge is 2.34. The summed E-state index contributed by atoms with van der Waals surface area (Å²) in [5, 5.41) is 5.24. The summed E-state index contributed by atoms with van der Waals surface area (Å²) in [6.45, 7) is 8.54. The van der Waals surface area contributed by atoms with E-state index >= 15 is 0 Å². The molecule has 0 saturated carbocycles. The summed E-state index contributed by atoms with van der Waals surface area (Å²) < 4.78 is 1.76. The van der Waals surface area contributed by atoms with Gasteiger partial charge in [-0.05, 0) is 20.3 Å². The zero-order valence-corrected chi connectivity index (χ0v) is 15.5. The van der Waals surface area contributed by atoms with E-state index in [0.29, 0.717) is 19.5 Å². The van der Waals surface area contributed by atoms with Crippen LogP contribution < -0.4 is 10.6 Å². The lowest BCUT2D eigenvalue weighted by Crippen LogP contribution is -2.58. The molecule has 2 aromatic rings. The topological polar surface area (TPSA) is 93.2 Å². The maximum Gasteiger partial charge on any atom is 0.242 e. The average molecular weight is 345 g/mol. The predicted octanol–water partition coefficient (Wildman–Crippen LogP) is 0.838. The van der Waals surface area contributed by atoms with Gasteiger partial charge in [-0.3, -0.25) is 9.48 Å². The minimum absolute atomic E-state index is 0.0411. The van der Waals surface area contributed by atoms with Gasteiger partial charge < -0.3 is 15.5 Å². The molecule has 1 amide bonds. The highest BCUT2D eigenvalue weighted by atomic mass is 16.2. The van der Waals surface area contributed by atoms with Crippen molar-refractivity contribution in [2.45, 2.75) is 39.2 Å². The molecule has 1 aliphatic heterocycles. The minimum Gasteiger partial charge on any atom is -0.352 e. The van der Waals surface area contributed by atoms with E-state index in [-0.39, 0.29) is 5.91 Å². The zero-order valence-electron chi connectivity index (χ0n) is 15.5. The number of rotatable bonds is 4. The second-order valence-corrected chi connectivity index (χ2v) is 7.05. The van der Waals surface area contributed by atoms with Crippen LogP contribution >= 0.6 is 0 Å². The summed E-state index contributed by atoms with van der Waals surface area (Å²) >= 11 is 0.